The van der Waals surface area contributed by atoms with Gasteiger partial charge in [0, 0.05) is 17.4 Å². The normalized spacial score (nSPS) is 13.4. The number of nitrogens with zero attached hydrogens (tertiary/aromatic N) is 5. The van der Waals surface area contributed by atoms with Gasteiger partial charge in [0.1, 0.15) is 0 Å². The minimum absolute atomic E-state index is 0.206. The molecule has 142 valence electrons. The van der Waals surface area contributed by atoms with Gasteiger partial charge in [-0.3, -0.25) is 9.59 Å². The van der Waals surface area contributed by atoms with Crippen LogP contribution in [0.15, 0.2) is 48.8 Å². The van der Waals surface area contributed by atoms with Crippen LogP contribution in [0.2, 0.25) is 10.0 Å². The maximum atomic E-state index is 13.3. The summed E-state index contributed by atoms with van der Waals surface area (Å²) in [5.41, 5.74) is 1.75. The molecule has 0 radical (unpaired) electrons. The van der Waals surface area contributed by atoms with Crippen LogP contribution < -0.4 is 4.90 Å². The number of imide groups is 1. The first-order chi connectivity index (χ1) is 14.0. The van der Waals surface area contributed by atoms with E-state index in [4.69, 9.17) is 23.2 Å². The Morgan fingerprint density at radius 2 is 1.83 bits per heavy atom. The molecule has 4 aromatic rings. The molecule has 9 heteroatoms. The summed E-state index contributed by atoms with van der Waals surface area (Å²) in [5, 5.41) is 5.62. The first kappa shape index (κ1) is 17.8. The molecule has 7 nitrogen and oxygen atoms in total. The van der Waals surface area contributed by atoms with Gasteiger partial charge in [0.05, 0.1) is 32.9 Å². The maximum absolute atomic E-state index is 13.3. The van der Waals surface area contributed by atoms with E-state index in [0.717, 1.165) is 4.90 Å². The number of hydrogen-bond acceptors (Lipinski definition) is 5. The van der Waals surface area contributed by atoms with E-state index in [1.165, 1.54) is 12.3 Å². The van der Waals surface area contributed by atoms with E-state index in [2.05, 4.69) is 15.1 Å². The summed E-state index contributed by atoms with van der Waals surface area (Å²) < 4.78 is 1.56. The molecule has 0 unspecified atom stereocenters. The zero-order chi connectivity index (χ0) is 20.3. The van der Waals surface area contributed by atoms with Crippen molar-refractivity contribution in [3.63, 3.8) is 0 Å². The fraction of sp³-hybridized carbons (Fsp3) is 0.0500. The second-order valence-corrected chi connectivity index (χ2v) is 7.32. The van der Waals surface area contributed by atoms with Gasteiger partial charge in [0.2, 0.25) is 0 Å². The molecular weight excluding hydrogens is 413 g/mol. The van der Waals surface area contributed by atoms with Crippen molar-refractivity contribution in [3.05, 3.63) is 75.7 Å². The van der Waals surface area contributed by atoms with Gasteiger partial charge in [-0.25, -0.2) is 14.9 Å². The molecule has 0 fully saturated rings. The Morgan fingerprint density at radius 1 is 1.00 bits per heavy atom. The molecule has 1 aliphatic heterocycles. The highest BCUT2D eigenvalue weighted by Gasteiger charge is 2.40. The lowest BCUT2D eigenvalue weighted by Crippen LogP contribution is -2.29. The standard InChI is InChI=1S/C20H11Cl2N5O2/c1-10-16-17-12(9-24-18(16)27(25-10)15-4-2-3-7-23-15)19(28)26(20(17)29)14-6-5-11(21)8-13(14)22/h2-9H,1H3. The number of carbonyl (C=O) groups is 2. The predicted octanol–water partition coefficient (Wildman–Crippen LogP) is 4.23. The van der Waals surface area contributed by atoms with Crippen molar-refractivity contribution in [1.82, 2.24) is 19.7 Å². The average Bonchev–Trinajstić information content (AvgIpc) is 3.18. The van der Waals surface area contributed by atoms with Crippen molar-refractivity contribution in [2.45, 2.75) is 6.92 Å². The van der Waals surface area contributed by atoms with Crippen LogP contribution in [0.1, 0.15) is 26.4 Å². The number of halogens is 2. The number of aryl methyl sites for hydroxylation is 1. The molecule has 0 saturated heterocycles. The van der Waals surface area contributed by atoms with Gasteiger partial charge in [0.25, 0.3) is 11.8 Å². The Kier molecular flexibility index (Phi) is 3.90. The van der Waals surface area contributed by atoms with E-state index >= 15 is 0 Å². The molecule has 3 aromatic heterocycles. The van der Waals surface area contributed by atoms with Crippen LogP contribution in [0.3, 0.4) is 0 Å². The lowest BCUT2D eigenvalue weighted by molar-refractivity contribution is 0.0926. The molecule has 4 heterocycles. The lowest BCUT2D eigenvalue weighted by atomic mass is 10.1. The predicted molar refractivity (Wildman–Crippen MR) is 109 cm³/mol. The maximum Gasteiger partial charge on any atom is 0.267 e. The van der Waals surface area contributed by atoms with E-state index in [1.54, 1.807) is 42.1 Å². The number of aromatic nitrogens is 4. The lowest BCUT2D eigenvalue weighted by Gasteiger charge is -2.15. The molecule has 0 aliphatic carbocycles. The Labute approximate surface area is 174 Å². The van der Waals surface area contributed by atoms with Crippen LogP contribution in [0.4, 0.5) is 5.69 Å². The Bertz CT molecular complexity index is 1330. The van der Waals surface area contributed by atoms with E-state index in [1.807, 2.05) is 6.07 Å². The fourth-order valence-corrected chi connectivity index (χ4v) is 3.97. The number of amides is 2. The molecule has 0 spiro atoms. The minimum atomic E-state index is -0.492. The van der Waals surface area contributed by atoms with E-state index in [0.29, 0.717) is 27.6 Å². The largest absolute Gasteiger partial charge is 0.268 e. The van der Waals surface area contributed by atoms with E-state index in [9.17, 15) is 9.59 Å². The molecule has 0 atom stereocenters. The average molecular weight is 424 g/mol. The van der Waals surface area contributed by atoms with Crippen LogP contribution in [-0.4, -0.2) is 31.6 Å². The van der Waals surface area contributed by atoms with Gasteiger partial charge in [0.15, 0.2) is 11.5 Å². The Balaban J connectivity index is 1.73. The third kappa shape index (κ3) is 2.55. The summed E-state index contributed by atoms with van der Waals surface area (Å²) in [4.78, 5) is 36.0. The molecule has 1 aromatic carbocycles. The summed E-state index contributed by atoms with van der Waals surface area (Å²) in [5.74, 6) is -0.411. The zero-order valence-electron chi connectivity index (χ0n) is 14.9. The highest BCUT2D eigenvalue weighted by atomic mass is 35.5. The van der Waals surface area contributed by atoms with Crippen molar-refractivity contribution < 1.29 is 9.59 Å². The van der Waals surface area contributed by atoms with Crippen LogP contribution in [0.25, 0.3) is 16.9 Å². The van der Waals surface area contributed by atoms with Gasteiger partial charge in [-0.1, -0.05) is 29.3 Å². The summed E-state index contributed by atoms with van der Waals surface area (Å²) in [7, 11) is 0. The Hall–Kier alpha value is -3.29. The number of hydrogen-bond donors (Lipinski definition) is 0. The molecule has 2 amide bonds. The number of carbonyl (C=O) groups excluding carboxylic acids is 2. The Morgan fingerprint density at radius 3 is 2.55 bits per heavy atom. The van der Waals surface area contributed by atoms with Crippen molar-refractivity contribution in [2.75, 3.05) is 4.90 Å². The van der Waals surface area contributed by atoms with Crippen molar-refractivity contribution in [1.29, 1.82) is 0 Å². The highest BCUT2D eigenvalue weighted by Crippen LogP contribution is 2.37. The SMILES string of the molecule is Cc1nn(-c2ccccn2)c2ncc3c(c12)C(=O)N(c1ccc(Cl)cc1Cl)C3=O. The topological polar surface area (TPSA) is 81.0 Å². The monoisotopic (exact) mass is 423 g/mol. The van der Waals surface area contributed by atoms with Crippen molar-refractivity contribution in [2.24, 2.45) is 0 Å². The van der Waals surface area contributed by atoms with Crippen molar-refractivity contribution >= 4 is 51.7 Å². The minimum Gasteiger partial charge on any atom is -0.268 e. The summed E-state index contributed by atoms with van der Waals surface area (Å²) in [6.45, 7) is 1.76. The third-order valence-corrected chi connectivity index (χ3v) is 5.28. The molecule has 5 rings (SSSR count). The summed E-state index contributed by atoms with van der Waals surface area (Å²) >= 11 is 12.2. The first-order valence-corrected chi connectivity index (χ1v) is 9.36. The van der Waals surface area contributed by atoms with E-state index < -0.39 is 11.8 Å². The zero-order valence-corrected chi connectivity index (χ0v) is 16.4. The van der Waals surface area contributed by atoms with Gasteiger partial charge >= 0.3 is 0 Å². The smallest absolute Gasteiger partial charge is 0.267 e. The van der Waals surface area contributed by atoms with Crippen LogP contribution >= 0.6 is 23.2 Å². The third-order valence-electron chi connectivity index (χ3n) is 4.74. The number of benzene rings is 1. The molecule has 0 saturated carbocycles. The fourth-order valence-electron chi connectivity index (χ4n) is 3.48. The van der Waals surface area contributed by atoms with Crippen LogP contribution in [0.5, 0.6) is 0 Å². The number of rotatable bonds is 2. The van der Waals surface area contributed by atoms with Crippen LogP contribution in [-0.2, 0) is 0 Å². The van der Waals surface area contributed by atoms with Gasteiger partial charge in [-0.15, -0.1) is 0 Å². The number of fused-ring (bicyclic) bond motifs is 3. The summed E-state index contributed by atoms with van der Waals surface area (Å²) in [6.07, 6.45) is 3.03. The quantitative estimate of drug-likeness (QED) is 0.450. The number of anilines is 1. The molecule has 1 aliphatic rings. The second-order valence-electron chi connectivity index (χ2n) is 6.47. The molecule has 29 heavy (non-hydrogen) atoms. The van der Waals surface area contributed by atoms with Crippen LogP contribution in [0, 0.1) is 6.92 Å². The molecule has 0 bridgehead atoms. The van der Waals surface area contributed by atoms with Gasteiger partial charge < -0.3 is 0 Å². The van der Waals surface area contributed by atoms with Crippen molar-refractivity contribution in [3.8, 4) is 5.82 Å². The second kappa shape index (κ2) is 6.37. The molecular formula is C20H11Cl2N5O2. The molecule has 0 N–H and O–H groups in total. The van der Waals surface area contributed by atoms with Gasteiger partial charge in [-0.05, 0) is 37.3 Å². The highest BCUT2D eigenvalue weighted by molar-refractivity contribution is 6.42. The van der Waals surface area contributed by atoms with E-state index in [-0.39, 0.29) is 21.8 Å². The first-order valence-electron chi connectivity index (χ1n) is 8.61. The van der Waals surface area contributed by atoms with Gasteiger partial charge in [-0.2, -0.15) is 9.78 Å². The summed E-state index contributed by atoms with van der Waals surface area (Å²) in [6, 6.07) is 10.0. The number of pyridine rings is 2.